The molecule has 0 fully saturated rings. The van der Waals surface area contributed by atoms with Crippen molar-refractivity contribution in [3.8, 4) is 0 Å². The van der Waals surface area contributed by atoms with Gasteiger partial charge in [-0.05, 0) is 49.7 Å². The zero-order chi connectivity index (χ0) is 22.9. The first-order valence-electron chi connectivity index (χ1n) is 11.0. The number of carbonyl (C=O) groups is 1. The van der Waals surface area contributed by atoms with Gasteiger partial charge >= 0.3 is 5.69 Å². The molecule has 0 aliphatic rings. The molecule has 0 aliphatic heterocycles. The molecule has 0 unspecified atom stereocenters. The Morgan fingerprint density at radius 3 is 2.33 bits per heavy atom. The van der Waals surface area contributed by atoms with Crippen LogP contribution in [0.1, 0.15) is 18.9 Å². The summed E-state index contributed by atoms with van der Waals surface area (Å²) in [5, 5.41) is 0.638. The number of thiazole rings is 1. The molecule has 0 saturated carbocycles. The predicted molar refractivity (Wildman–Crippen MR) is 134 cm³/mol. The largest absolute Gasteiger partial charge is 0.329 e. The van der Waals surface area contributed by atoms with Gasteiger partial charge in [-0.15, -0.1) is 0 Å². The highest BCUT2D eigenvalue weighted by molar-refractivity contribution is 7.22. The zero-order valence-electron chi connectivity index (χ0n) is 18.6. The molecule has 1 amide bonds. The van der Waals surface area contributed by atoms with Gasteiger partial charge in [0.15, 0.2) is 5.13 Å². The number of aryl methyl sites for hydroxylation is 3. The summed E-state index contributed by atoms with van der Waals surface area (Å²) in [7, 11) is 0. The van der Waals surface area contributed by atoms with E-state index in [1.807, 2.05) is 86.6 Å². The lowest BCUT2D eigenvalue weighted by Gasteiger charge is -2.22. The van der Waals surface area contributed by atoms with Crippen LogP contribution in [-0.2, 0) is 17.9 Å². The molecule has 3 aromatic carbocycles. The Balaban J connectivity index is 1.52. The third kappa shape index (κ3) is 3.74. The van der Waals surface area contributed by atoms with E-state index in [9.17, 15) is 9.59 Å². The van der Waals surface area contributed by atoms with Crippen LogP contribution in [0.25, 0.3) is 21.3 Å². The first-order valence-corrected chi connectivity index (χ1v) is 11.8. The van der Waals surface area contributed by atoms with Gasteiger partial charge in [0, 0.05) is 19.5 Å². The SMILES string of the molecule is CCn1c(=O)n(CCC(=O)N(c2nc3ccccc3s2)c2ccccc2C)c2ccccc21. The number of carbonyl (C=O) groups excluding carboxylic acids is 1. The van der Waals surface area contributed by atoms with E-state index in [1.165, 1.54) is 11.3 Å². The Morgan fingerprint density at radius 2 is 1.61 bits per heavy atom. The van der Waals surface area contributed by atoms with Crippen LogP contribution in [0.4, 0.5) is 10.8 Å². The minimum Gasteiger partial charge on any atom is -0.292 e. The Hall–Kier alpha value is -3.71. The fourth-order valence-corrected chi connectivity index (χ4v) is 5.22. The van der Waals surface area contributed by atoms with E-state index in [2.05, 4.69) is 0 Å². The Kier molecular flexibility index (Phi) is 5.56. The summed E-state index contributed by atoms with van der Waals surface area (Å²) in [5.41, 5.74) is 4.31. The molecule has 0 bridgehead atoms. The van der Waals surface area contributed by atoms with Crippen LogP contribution in [0.5, 0.6) is 0 Å². The van der Waals surface area contributed by atoms with Crippen LogP contribution in [-0.4, -0.2) is 20.0 Å². The van der Waals surface area contributed by atoms with Crippen molar-refractivity contribution < 1.29 is 4.79 Å². The van der Waals surface area contributed by atoms with Crippen molar-refractivity contribution in [2.75, 3.05) is 4.90 Å². The number of hydrogen-bond donors (Lipinski definition) is 0. The van der Waals surface area contributed by atoms with Gasteiger partial charge in [-0.1, -0.05) is 53.8 Å². The second-order valence-electron chi connectivity index (χ2n) is 7.90. The highest BCUT2D eigenvalue weighted by Gasteiger charge is 2.24. The first kappa shape index (κ1) is 21.2. The van der Waals surface area contributed by atoms with Crippen molar-refractivity contribution in [1.29, 1.82) is 0 Å². The molecule has 6 nitrogen and oxygen atoms in total. The molecule has 2 aromatic heterocycles. The maximum Gasteiger partial charge on any atom is 0.329 e. The van der Waals surface area contributed by atoms with Crippen LogP contribution in [0.3, 0.4) is 0 Å². The summed E-state index contributed by atoms with van der Waals surface area (Å²) >= 11 is 1.49. The molecule has 0 aliphatic carbocycles. The Bertz CT molecular complexity index is 1500. The van der Waals surface area contributed by atoms with Gasteiger partial charge in [-0.25, -0.2) is 9.78 Å². The molecule has 0 spiro atoms. The molecule has 33 heavy (non-hydrogen) atoms. The average molecular weight is 457 g/mol. The summed E-state index contributed by atoms with van der Waals surface area (Å²) in [6, 6.07) is 23.4. The number of para-hydroxylation sites is 4. The van der Waals surface area contributed by atoms with Crippen molar-refractivity contribution in [2.24, 2.45) is 0 Å². The highest BCUT2D eigenvalue weighted by Crippen LogP contribution is 2.35. The number of benzene rings is 3. The van der Waals surface area contributed by atoms with E-state index >= 15 is 0 Å². The fraction of sp³-hybridized carbons (Fsp3) is 0.192. The number of imidazole rings is 1. The second kappa shape index (κ2) is 8.67. The van der Waals surface area contributed by atoms with Crippen molar-refractivity contribution >= 4 is 49.3 Å². The standard InChI is InChI=1S/C26H24N4O2S/c1-3-28-21-13-7-8-14-22(21)29(26(28)32)17-16-24(31)30(20-12-6-4-10-18(20)2)25-27-19-11-5-9-15-23(19)33-25/h4-15H,3,16-17H2,1-2H3. The molecular weight excluding hydrogens is 432 g/mol. The normalized spacial score (nSPS) is 11.3. The minimum absolute atomic E-state index is 0.0890. The van der Waals surface area contributed by atoms with E-state index in [1.54, 1.807) is 14.0 Å². The maximum absolute atomic E-state index is 13.6. The van der Waals surface area contributed by atoms with Crippen LogP contribution in [0.15, 0.2) is 77.6 Å². The van der Waals surface area contributed by atoms with Crippen molar-refractivity contribution in [3.05, 3.63) is 88.8 Å². The topological polar surface area (TPSA) is 60.1 Å². The zero-order valence-corrected chi connectivity index (χ0v) is 19.4. The van der Waals surface area contributed by atoms with Crippen LogP contribution in [0, 0.1) is 6.92 Å². The minimum atomic E-state index is -0.0939. The monoisotopic (exact) mass is 456 g/mol. The van der Waals surface area contributed by atoms with Crippen LogP contribution >= 0.6 is 11.3 Å². The van der Waals surface area contributed by atoms with Crippen molar-refractivity contribution in [1.82, 2.24) is 14.1 Å². The summed E-state index contributed by atoms with van der Waals surface area (Å²) < 4.78 is 4.47. The first-order chi connectivity index (χ1) is 16.1. The number of amides is 1. The van der Waals surface area contributed by atoms with Gasteiger partial charge in [0.05, 0.1) is 26.9 Å². The average Bonchev–Trinajstić information content (AvgIpc) is 3.37. The van der Waals surface area contributed by atoms with E-state index in [0.29, 0.717) is 18.2 Å². The molecule has 7 heteroatoms. The van der Waals surface area contributed by atoms with E-state index < -0.39 is 0 Å². The molecule has 0 N–H and O–H groups in total. The lowest BCUT2D eigenvalue weighted by atomic mass is 10.2. The quantitative estimate of drug-likeness (QED) is 0.339. The number of rotatable bonds is 6. The molecule has 5 rings (SSSR count). The lowest BCUT2D eigenvalue weighted by Crippen LogP contribution is -2.30. The number of hydrogen-bond acceptors (Lipinski definition) is 4. The van der Waals surface area contributed by atoms with Crippen LogP contribution in [0.2, 0.25) is 0 Å². The summed E-state index contributed by atoms with van der Waals surface area (Å²) in [6.45, 7) is 4.83. The Labute approximate surface area is 195 Å². The summed E-state index contributed by atoms with van der Waals surface area (Å²) in [6.07, 6.45) is 0.182. The second-order valence-corrected chi connectivity index (χ2v) is 8.91. The molecule has 2 heterocycles. The van der Waals surface area contributed by atoms with E-state index in [4.69, 9.17) is 4.98 Å². The van der Waals surface area contributed by atoms with Gasteiger partial charge < -0.3 is 0 Å². The predicted octanol–water partition coefficient (Wildman–Crippen LogP) is 5.50. The van der Waals surface area contributed by atoms with E-state index in [-0.39, 0.29) is 18.0 Å². The third-order valence-electron chi connectivity index (χ3n) is 5.87. The number of anilines is 2. The van der Waals surface area contributed by atoms with Gasteiger partial charge in [0.1, 0.15) is 0 Å². The number of fused-ring (bicyclic) bond motifs is 2. The van der Waals surface area contributed by atoms with Gasteiger partial charge in [-0.3, -0.25) is 18.8 Å². The van der Waals surface area contributed by atoms with E-state index in [0.717, 1.165) is 32.5 Å². The van der Waals surface area contributed by atoms with Gasteiger partial charge in [-0.2, -0.15) is 0 Å². The molecule has 0 saturated heterocycles. The molecule has 166 valence electrons. The summed E-state index contributed by atoms with van der Waals surface area (Å²) in [5.74, 6) is -0.0939. The van der Waals surface area contributed by atoms with Gasteiger partial charge in [0.2, 0.25) is 5.91 Å². The summed E-state index contributed by atoms with van der Waals surface area (Å²) in [4.78, 5) is 33.1. The Morgan fingerprint density at radius 1 is 0.939 bits per heavy atom. The number of aromatic nitrogens is 3. The van der Waals surface area contributed by atoms with Crippen LogP contribution < -0.4 is 10.6 Å². The molecule has 0 atom stereocenters. The van der Waals surface area contributed by atoms with Crippen molar-refractivity contribution in [2.45, 2.75) is 33.4 Å². The molecule has 5 aromatic rings. The lowest BCUT2D eigenvalue weighted by molar-refractivity contribution is -0.118. The van der Waals surface area contributed by atoms with Gasteiger partial charge in [0.25, 0.3) is 0 Å². The smallest absolute Gasteiger partial charge is 0.292 e. The molecular formula is C26H24N4O2S. The third-order valence-corrected chi connectivity index (χ3v) is 6.89. The maximum atomic E-state index is 13.6. The highest BCUT2D eigenvalue weighted by atomic mass is 32.1. The van der Waals surface area contributed by atoms with Crippen molar-refractivity contribution in [3.63, 3.8) is 0 Å². The molecule has 0 radical (unpaired) electrons. The fourth-order valence-electron chi connectivity index (χ4n) is 4.23. The number of nitrogens with zero attached hydrogens (tertiary/aromatic N) is 4.